The van der Waals surface area contributed by atoms with Gasteiger partial charge in [-0.25, -0.2) is 0 Å². The Morgan fingerprint density at radius 3 is 2.70 bits per heavy atom. The first-order chi connectivity index (χ1) is 9.49. The molecule has 0 unspecified atom stereocenters. The molecule has 0 atom stereocenters. The van der Waals surface area contributed by atoms with Crippen molar-refractivity contribution < 1.29 is 14.3 Å². The van der Waals surface area contributed by atoms with Crippen LogP contribution in [0.25, 0.3) is 0 Å². The van der Waals surface area contributed by atoms with E-state index in [1.807, 2.05) is 6.92 Å². The first-order valence-corrected chi connectivity index (χ1v) is 6.69. The molecule has 0 fully saturated rings. The maximum atomic E-state index is 12.4. The van der Waals surface area contributed by atoms with E-state index in [4.69, 9.17) is 16.3 Å². The summed E-state index contributed by atoms with van der Waals surface area (Å²) >= 11 is 6.08. The van der Waals surface area contributed by atoms with Crippen molar-refractivity contribution in [1.29, 1.82) is 0 Å². The van der Waals surface area contributed by atoms with E-state index in [1.165, 1.54) is 4.90 Å². The van der Waals surface area contributed by atoms with Crippen molar-refractivity contribution in [2.24, 2.45) is 0 Å². The fraction of sp³-hybridized carbons (Fsp3) is 0.333. The van der Waals surface area contributed by atoms with Crippen molar-refractivity contribution >= 4 is 23.5 Å². The number of carbonyl (C=O) groups is 2. The van der Waals surface area contributed by atoms with Crippen molar-refractivity contribution in [3.8, 4) is 0 Å². The lowest BCUT2D eigenvalue weighted by atomic mass is 10.1. The average Bonchev–Trinajstić information content (AvgIpc) is 2.38. The molecular weight excluding hydrogens is 278 g/mol. The molecule has 0 aromatic heterocycles. The van der Waals surface area contributed by atoms with Gasteiger partial charge in [-0.05, 0) is 31.5 Å². The summed E-state index contributed by atoms with van der Waals surface area (Å²) in [6, 6.07) is 5.17. The Balaban J connectivity index is 2.93. The van der Waals surface area contributed by atoms with Crippen LogP contribution in [-0.4, -0.2) is 36.5 Å². The molecule has 0 aliphatic carbocycles. The van der Waals surface area contributed by atoms with E-state index in [1.54, 1.807) is 31.2 Å². The molecule has 0 radical (unpaired) electrons. The largest absolute Gasteiger partial charge is 0.465 e. The van der Waals surface area contributed by atoms with Gasteiger partial charge in [0.1, 0.15) is 6.54 Å². The number of halogens is 1. The van der Waals surface area contributed by atoms with Crippen molar-refractivity contribution in [1.82, 2.24) is 4.90 Å². The third-order valence-corrected chi connectivity index (χ3v) is 2.93. The molecule has 0 bridgehead atoms. The second kappa shape index (κ2) is 7.70. The van der Waals surface area contributed by atoms with E-state index < -0.39 is 5.97 Å². The molecule has 108 valence electrons. The Labute approximate surface area is 124 Å². The van der Waals surface area contributed by atoms with Crippen LogP contribution >= 0.6 is 11.6 Å². The third-order valence-electron chi connectivity index (χ3n) is 2.62. The van der Waals surface area contributed by atoms with Crippen LogP contribution in [0.2, 0.25) is 5.02 Å². The molecule has 4 nitrogen and oxygen atoms in total. The number of amides is 1. The highest BCUT2D eigenvalue weighted by Gasteiger charge is 2.20. The second-order valence-corrected chi connectivity index (χ2v) is 4.67. The molecular formula is C15H18ClNO3. The predicted molar refractivity (Wildman–Crippen MR) is 78.9 cm³/mol. The molecule has 1 amide bonds. The first kappa shape index (κ1) is 16.2. The number of benzene rings is 1. The summed E-state index contributed by atoms with van der Waals surface area (Å²) in [6.07, 6.45) is 1.55. The molecule has 20 heavy (non-hydrogen) atoms. The van der Waals surface area contributed by atoms with E-state index in [-0.39, 0.29) is 25.6 Å². The first-order valence-electron chi connectivity index (χ1n) is 6.31. The molecule has 0 aliphatic rings. The van der Waals surface area contributed by atoms with Gasteiger partial charge in [0.05, 0.1) is 17.2 Å². The third kappa shape index (κ3) is 4.38. The summed E-state index contributed by atoms with van der Waals surface area (Å²) in [5.74, 6) is -0.770. The van der Waals surface area contributed by atoms with E-state index in [0.717, 1.165) is 5.56 Å². The molecule has 0 aliphatic heterocycles. The normalized spacial score (nSPS) is 9.95. The Kier molecular flexibility index (Phi) is 6.25. The minimum Gasteiger partial charge on any atom is -0.465 e. The Bertz CT molecular complexity index is 514. The highest BCUT2D eigenvalue weighted by atomic mass is 35.5. The highest BCUT2D eigenvalue weighted by molar-refractivity contribution is 6.33. The Hall–Kier alpha value is -1.81. The topological polar surface area (TPSA) is 46.6 Å². The van der Waals surface area contributed by atoms with Crippen molar-refractivity contribution in [2.75, 3.05) is 19.7 Å². The molecule has 0 saturated heterocycles. The van der Waals surface area contributed by atoms with Gasteiger partial charge in [0, 0.05) is 6.54 Å². The number of nitrogens with zero attached hydrogens (tertiary/aromatic N) is 1. The van der Waals surface area contributed by atoms with Crippen molar-refractivity contribution in [2.45, 2.75) is 13.8 Å². The Morgan fingerprint density at radius 1 is 1.45 bits per heavy atom. The molecule has 0 N–H and O–H groups in total. The quantitative estimate of drug-likeness (QED) is 0.599. The van der Waals surface area contributed by atoms with Crippen LogP contribution in [0.3, 0.4) is 0 Å². The fourth-order valence-corrected chi connectivity index (χ4v) is 2.02. The van der Waals surface area contributed by atoms with Crippen LogP contribution < -0.4 is 0 Å². The van der Waals surface area contributed by atoms with Gasteiger partial charge in [-0.15, -0.1) is 6.58 Å². The molecule has 1 rings (SSSR count). The molecule has 5 heteroatoms. The average molecular weight is 296 g/mol. The summed E-state index contributed by atoms with van der Waals surface area (Å²) in [7, 11) is 0. The minimum atomic E-state index is -0.453. The van der Waals surface area contributed by atoms with Crippen LogP contribution in [0.5, 0.6) is 0 Å². The van der Waals surface area contributed by atoms with E-state index >= 15 is 0 Å². The van der Waals surface area contributed by atoms with Crippen LogP contribution in [0.1, 0.15) is 22.8 Å². The number of hydrogen-bond acceptors (Lipinski definition) is 3. The number of rotatable bonds is 6. The second-order valence-electron chi connectivity index (χ2n) is 4.26. The standard InChI is InChI=1S/C15H18ClNO3/c1-4-8-17(10-14(18)20-5-2)15(19)12-7-6-11(3)9-13(12)16/h4,6-7,9H,1,5,8,10H2,2-3H3. The summed E-state index contributed by atoms with van der Waals surface area (Å²) in [6.45, 7) is 7.60. The Morgan fingerprint density at radius 2 is 2.15 bits per heavy atom. The van der Waals surface area contributed by atoms with Crippen molar-refractivity contribution in [3.63, 3.8) is 0 Å². The van der Waals surface area contributed by atoms with Crippen LogP contribution in [0.4, 0.5) is 0 Å². The molecule has 1 aromatic rings. The zero-order chi connectivity index (χ0) is 15.1. The maximum absolute atomic E-state index is 12.4. The van der Waals surface area contributed by atoms with Gasteiger partial charge >= 0.3 is 5.97 Å². The summed E-state index contributed by atoms with van der Waals surface area (Å²) in [5, 5.41) is 0.368. The lowest BCUT2D eigenvalue weighted by Crippen LogP contribution is -2.36. The number of ether oxygens (including phenoxy) is 1. The molecule has 0 spiro atoms. The van der Waals surface area contributed by atoms with Gasteiger partial charge in [-0.2, -0.15) is 0 Å². The van der Waals surface area contributed by atoms with Crippen molar-refractivity contribution in [3.05, 3.63) is 47.0 Å². The molecule has 0 heterocycles. The zero-order valence-electron chi connectivity index (χ0n) is 11.7. The zero-order valence-corrected chi connectivity index (χ0v) is 12.4. The number of aryl methyl sites for hydroxylation is 1. The van der Waals surface area contributed by atoms with Crippen LogP contribution in [0.15, 0.2) is 30.9 Å². The van der Waals surface area contributed by atoms with Gasteiger partial charge in [-0.3, -0.25) is 9.59 Å². The smallest absolute Gasteiger partial charge is 0.325 e. The van der Waals surface area contributed by atoms with E-state index in [2.05, 4.69) is 6.58 Å². The van der Waals surface area contributed by atoms with Gasteiger partial charge < -0.3 is 9.64 Å². The monoisotopic (exact) mass is 295 g/mol. The lowest BCUT2D eigenvalue weighted by molar-refractivity contribution is -0.143. The summed E-state index contributed by atoms with van der Waals surface area (Å²) < 4.78 is 4.85. The van der Waals surface area contributed by atoms with Gasteiger partial charge in [0.15, 0.2) is 0 Å². The van der Waals surface area contributed by atoms with E-state index in [9.17, 15) is 9.59 Å². The minimum absolute atomic E-state index is 0.122. The molecule has 1 aromatic carbocycles. The number of esters is 1. The predicted octanol–water partition coefficient (Wildman–Crippen LogP) is 2.84. The summed E-state index contributed by atoms with van der Waals surface area (Å²) in [4.78, 5) is 25.3. The fourth-order valence-electron chi connectivity index (χ4n) is 1.70. The SMILES string of the molecule is C=CCN(CC(=O)OCC)C(=O)c1ccc(C)cc1Cl. The summed E-state index contributed by atoms with van der Waals surface area (Å²) in [5.41, 5.74) is 1.33. The van der Waals surface area contributed by atoms with Gasteiger partial charge in [0.2, 0.25) is 0 Å². The van der Waals surface area contributed by atoms with Gasteiger partial charge in [-0.1, -0.05) is 23.7 Å². The van der Waals surface area contributed by atoms with Crippen LogP contribution in [0, 0.1) is 6.92 Å². The van der Waals surface area contributed by atoms with E-state index in [0.29, 0.717) is 10.6 Å². The maximum Gasteiger partial charge on any atom is 0.325 e. The molecule has 0 saturated carbocycles. The van der Waals surface area contributed by atoms with Crippen LogP contribution in [-0.2, 0) is 9.53 Å². The van der Waals surface area contributed by atoms with Gasteiger partial charge in [0.25, 0.3) is 5.91 Å². The number of hydrogen-bond donors (Lipinski definition) is 0. The number of carbonyl (C=O) groups excluding carboxylic acids is 2. The lowest BCUT2D eigenvalue weighted by Gasteiger charge is -2.20. The highest BCUT2D eigenvalue weighted by Crippen LogP contribution is 2.19.